The number of aromatic nitrogens is 1. The van der Waals surface area contributed by atoms with E-state index in [0.717, 1.165) is 0 Å². The van der Waals surface area contributed by atoms with Crippen LogP contribution in [0.1, 0.15) is 30.0 Å². The lowest BCUT2D eigenvalue weighted by molar-refractivity contribution is 0.316. The van der Waals surface area contributed by atoms with Crippen molar-refractivity contribution in [2.75, 3.05) is 13.6 Å². The predicted molar refractivity (Wildman–Crippen MR) is 53.6 cm³/mol. The lowest BCUT2D eigenvalue weighted by Gasteiger charge is -2.20. The molecule has 0 radical (unpaired) electrons. The standard InChI is InChI=1S/C11H16N2/c1-9-5-6-12-8-10(9)11-4-3-7-13(11)2/h5-6,8,11H,3-4,7H2,1-2H3. The highest BCUT2D eigenvalue weighted by molar-refractivity contribution is 5.25. The molecule has 1 atom stereocenters. The lowest BCUT2D eigenvalue weighted by atomic mass is 10.0. The molecule has 0 saturated carbocycles. The quantitative estimate of drug-likeness (QED) is 0.652. The number of hydrogen-bond acceptors (Lipinski definition) is 2. The van der Waals surface area contributed by atoms with E-state index in [2.05, 4.69) is 29.9 Å². The molecule has 1 saturated heterocycles. The summed E-state index contributed by atoms with van der Waals surface area (Å²) < 4.78 is 0. The highest BCUT2D eigenvalue weighted by atomic mass is 15.1. The topological polar surface area (TPSA) is 16.1 Å². The van der Waals surface area contributed by atoms with Crippen LogP contribution < -0.4 is 0 Å². The van der Waals surface area contributed by atoms with Crippen molar-refractivity contribution < 1.29 is 0 Å². The molecule has 1 aliphatic rings. The molecule has 1 aliphatic heterocycles. The zero-order valence-corrected chi connectivity index (χ0v) is 8.33. The highest BCUT2D eigenvalue weighted by Gasteiger charge is 2.23. The molecular weight excluding hydrogens is 160 g/mol. The van der Waals surface area contributed by atoms with Crippen LogP contribution in [0.5, 0.6) is 0 Å². The molecule has 0 amide bonds. The van der Waals surface area contributed by atoms with Gasteiger partial charge in [0.25, 0.3) is 0 Å². The lowest BCUT2D eigenvalue weighted by Crippen LogP contribution is -2.18. The van der Waals surface area contributed by atoms with Crippen molar-refractivity contribution in [3.05, 3.63) is 29.6 Å². The molecule has 1 unspecified atom stereocenters. The van der Waals surface area contributed by atoms with Gasteiger partial charge in [0, 0.05) is 18.4 Å². The SMILES string of the molecule is Cc1ccncc1C1CCCN1C. The van der Waals surface area contributed by atoms with E-state index >= 15 is 0 Å². The van der Waals surface area contributed by atoms with E-state index < -0.39 is 0 Å². The summed E-state index contributed by atoms with van der Waals surface area (Å²) in [5, 5.41) is 0. The fourth-order valence-electron chi connectivity index (χ4n) is 2.13. The molecule has 2 rings (SSSR count). The minimum atomic E-state index is 0.605. The van der Waals surface area contributed by atoms with Crippen molar-refractivity contribution in [3.63, 3.8) is 0 Å². The van der Waals surface area contributed by atoms with E-state index in [4.69, 9.17) is 0 Å². The molecule has 0 aliphatic carbocycles. The van der Waals surface area contributed by atoms with Gasteiger partial charge < -0.3 is 0 Å². The molecular formula is C11H16N2. The van der Waals surface area contributed by atoms with Crippen LogP contribution >= 0.6 is 0 Å². The third-order valence-electron chi connectivity index (χ3n) is 2.96. The molecule has 2 heteroatoms. The summed E-state index contributed by atoms with van der Waals surface area (Å²) >= 11 is 0. The third kappa shape index (κ3) is 1.59. The van der Waals surface area contributed by atoms with Crippen LogP contribution in [-0.2, 0) is 0 Å². The molecule has 13 heavy (non-hydrogen) atoms. The Kier molecular flexibility index (Phi) is 2.32. The number of rotatable bonds is 1. The summed E-state index contributed by atoms with van der Waals surface area (Å²) in [5.74, 6) is 0. The minimum absolute atomic E-state index is 0.605. The first kappa shape index (κ1) is 8.70. The second kappa shape index (κ2) is 3.46. The summed E-state index contributed by atoms with van der Waals surface area (Å²) in [4.78, 5) is 6.62. The van der Waals surface area contributed by atoms with Gasteiger partial charge in [-0.15, -0.1) is 0 Å². The van der Waals surface area contributed by atoms with E-state index in [1.807, 2.05) is 12.4 Å². The summed E-state index contributed by atoms with van der Waals surface area (Å²) in [6, 6.07) is 2.70. The van der Waals surface area contributed by atoms with Gasteiger partial charge in [0.2, 0.25) is 0 Å². The number of nitrogens with zero attached hydrogens (tertiary/aromatic N) is 2. The van der Waals surface area contributed by atoms with Gasteiger partial charge in [0.15, 0.2) is 0 Å². The Balaban J connectivity index is 2.29. The van der Waals surface area contributed by atoms with Crippen LogP contribution in [0.25, 0.3) is 0 Å². The van der Waals surface area contributed by atoms with E-state index in [1.165, 1.54) is 30.5 Å². The number of pyridine rings is 1. The summed E-state index contributed by atoms with van der Waals surface area (Å²) in [7, 11) is 2.20. The summed E-state index contributed by atoms with van der Waals surface area (Å²) in [6.45, 7) is 3.39. The van der Waals surface area contributed by atoms with Crippen molar-refractivity contribution in [1.29, 1.82) is 0 Å². The average Bonchev–Trinajstić information content (AvgIpc) is 2.52. The van der Waals surface area contributed by atoms with Gasteiger partial charge in [0.05, 0.1) is 0 Å². The van der Waals surface area contributed by atoms with Gasteiger partial charge in [-0.3, -0.25) is 9.88 Å². The van der Waals surface area contributed by atoms with Gasteiger partial charge in [-0.2, -0.15) is 0 Å². The Morgan fingerprint density at radius 1 is 1.54 bits per heavy atom. The largest absolute Gasteiger partial charge is 0.299 e. The van der Waals surface area contributed by atoms with E-state index in [1.54, 1.807) is 0 Å². The van der Waals surface area contributed by atoms with Gasteiger partial charge in [0.1, 0.15) is 0 Å². The fourth-order valence-corrected chi connectivity index (χ4v) is 2.13. The first-order valence-electron chi connectivity index (χ1n) is 4.90. The summed E-state index contributed by atoms with van der Waals surface area (Å²) in [5.41, 5.74) is 2.77. The smallest absolute Gasteiger partial charge is 0.0363 e. The fraction of sp³-hybridized carbons (Fsp3) is 0.545. The normalized spacial score (nSPS) is 23.7. The zero-order valence-electron chi connectivity index (χ0n) is 8.33. The van der Waals surface area contributed by atoms with Crippen molar-refractivity contribution in [2.24, 2.45) is 0 Å². The van der Waals surface area contributed by atoms with Crippen molar-refractivity contribution >= 4 is 0 Å². The predicted octanol–water partition coefficient (Wildman–Crippen LogP) is 2.16. The highest BCUT2D eigenvalue weighted by Crippen LogP contribution is 2.31. The molecule has 2 heterocycles. The van der Waals surface area contributed by atoms with E-state index in [9.17, 15) is 0 Å². The first-order chi connectivity index (χ1) is 6.29. The minimum Gasteiger partial charge on any atom is -0.299 e. The molecule has 0 aromatic carbocycles. The third-order valence-corrected chi connectivity index (χ3v) is 2.96. The van der Waals surface area contributed by atoms with Crippen molar-refractivity contribution in [1.82, 2.24) is 9.88 Å². The maximum atomic E-state index is 4.20. The van der Waals surface area contributed by atoms with Crippen molar-refractivity contribution in [3.8, 4) is 0 Å². The molecule has 1 aromatic heterocycles. The second-order valence-corrected chi connectivity index (χ2v) is 3.87. The molecule has 0 N–H and O–H groups in total. The maximum absolute atomic E-state index is 4.20. The Morgan fingerprint density at radius 2 is 2.38 bits per heavy atom. The molecule has 2 nitrogen and oxygen atoms in total. The number of aryl methyl sites for hydroxylation is 1. The summed E-state index contributed by atoms with van der Waals surface area (Å²) in [6.07, 6.45) is 6.48. The van der Waals surface area contributed by atoms with E-state index in [-0.39, 0.29) is 0 Å². The number of likely N-dealkylation sites (tertiary alicyclic amines) is 1. The van der Waals surface area contributed by atoms with Crippen LogP contribution in [0.15, 0.2) is 18.5 Å². The van der Waals surface area contributed by atoms with Gasteiger partial charge in [-0.1, -0.05) is 0 Å². The van der Waals surface area contributed by atoms with Gasteiger partial charge in [-0.05, 0) is 50.6 Å². The molecule has 70 valence electrons. The molecule has 1 aromatic rings. The first-order valence-corrected chi connectivity index (χ1v) is 4.90. The van der Waals surface area contributed by atoms with E-state index in [0.29, 0.717) is 6.04 Å². The zero-order chi connectivity index (χ0) is 9.26. The maximum Gasteiger partial charge on any atom is 0.0363 e. The van der Waals surface area contributed by atoms with Crippen LogP contribution in [-0.4, -0.2) is 23.5 Å². The number of hydrogen-bond donors (Lipinski definition) is 0. The van der Waals surface area contributed by atoms with Crippen LogP contribution in [0, 0.1) is 6.92 Å². The average molecular weight is 176 g/mol. The van der Waals surface area contributed by atoms with Gasteiger partial charge >= 0.3 is 0 Å². The van der Waals surface area contributed by atoms with Crippen LogP contribution in [0.3, 0.4) is 0 Å². The monoisotopic (exact) mass is 176 g/mol. The Bertz CT molecular complexity index is 296. The molecule has 0 bridgehead atoms. The molecule has 0 spiro atoms. The van der Waals surface area contributed by atoms with Gasteiger partial charge in [-0.25, -0.2) is 0 Å². The van der Waals surface area contributed by atoms with Crippen LogP contribution in [0.2, 0.25) is 0 Å². The van der Waals surface area contributed by atoms with Crippen molar-refractivity contribution in [2.45, 2.75) is 25.8 Å². The van der Waals surface area contributed by atoms with Crippen LogP contribution in [0.4, 0.5) is 0 Å². The Hall–Kier alpha value is -0.890. The second-order valence-electron chi connectivity index (χ2n) is 3.87. The Labute approximate surface area is 79.6 Å². The Morgan fingerprint density at radius 3 is 3.00 bits per heavy atom. The molecule has 1 fully saturated rings.